The van der Waals surface area contributed by atoms with Crippen LogP contribution in [0.1, 0.15) is 15.9 Å². The van der Waals surface area contributed by atoms with Gasteiger partial charge in [-0.15, -0.1) is 0 Å². The number of furan rings is 1. The minimum atomic E-state index is -0.155. The van der Waals surface area contributed by atoms with Crippen molar-refractivity contribution in [2.45, 2.75) is 6.54 Å². The van der Waals surface area contributed by atoms with Gasteiger partial charge in [0.2, 0.25) is 0 Å². The van der Waals surface area contributed by atoms with Gasteiger partial charge in [-0.05, 0) is 39.7 Å². The minimum Gasteiger partial charge on any atom is -0.457 e. The molecule has 1 N–H and O–H groups in total. The van der Waals surface area contributed by atoms with E-state index in [0.29, 0.717) is 16.8 Å². The minimum absolute atomic E-state index is 0.155. The maximum atomic E-state index is 11.9. The molecule has 19 heavy (non-hydrogen) atoms. The van der Waals surface area contributed by atoms with Gasteiger partial charge in [0.1, 0.15) is 0 Å². The number of halogens is 1. The fraction of sp³-hybridized carbons (Fsp3) is 0.214. The molecule has 0 radical (unpaired) electrons. The molecule has 0 saturated heterocycles. The van der Waals surface area contributed by atoms with E-state index in [0.717, 1.165) is 11.3 Å². The normalized spacial score (nSPS) is 10.3. The maximum absolute atomic E-state index is 11.9. The Bertz CT molecular complexity index is 561. The summed E-state index contributed by atoms with van der Waals surface area (Å²) in [6.07, 6.45) is 1.48. The molecule has 1 aromatic carbocycles. The summed E-state index contributed by atoms with van der Waals surface area (Å²) in [4.78, 5) is 13.9. The highest BCUT2D eigenvalue weighted by molar-refractivity contribution is 9.10. The van der Waals surface area contributed by atoms with Crippen molar-refractivity contribution < 1.29 is 9.21 Å². The molecule has 0 saturated carbocycles. The van der Waals surface area contributed by atoms with Crippen molar-refractivity contribution in [1.29, 1.82) is 0 Å². The Balaban J connectivity index is 1.95. The number of anilines is 1. The zero-order valence-electron chi connectivity index (χ0n) is 10.8. The number of carbonyl (C=O) groups is 1. The predicted molar refractivity (Wildman–Crippen MR) is 78.3 cm³/mol. The molecule has 2 rings (SSSR count). The van der Waals surface area contributed by atoms with E-state index in [2.05, 4.69) is 21.2 Å². The van der Waals surface area contributed by atoms with Crippen molar-refractivity contribution in [3.8, 4) is 0 Å². The maximum Gasteiger partial charge on any atom is 0.256 e. The van der Waals surface area contributed by atoms with Crippen LogP contribution in [0.2, 0.25) is 0 Å². The van der Waals surface area contributed by atoms with E-state index < -0.39 is 0 Å². The van der Waals surface area contributed by atoms with Crippen molar-refractivity contribution in [3.05, 3.63) is 52.4 Å². The molecule has 0 aliphatic heterocycles. The number of amides is 1. The molecule has 0 atom stereocenters. The topological polar surface area (TPSA) is 45.5 Å². The van der Waals surface area contributed by atoms with Gasteiger partial charge in [0.05, 0.1) is 11.8 Å². The third-order valence-electron chi connectivity index (χ3n) is 2.77. The third-order valence-corrected chi connectivity index (χ3v) is 3.38. The van der Waals surface area contributed by atoms with Gasteiger partial charge in [-0.3, -0.25) is 4.79 Å². The second-order valence-corrected chi connectivity index (χ2v) is 5.07. The quantitative estimate of drug-likeness (QED) is 0.941. The second kappa shape index (κ2) is 5.93. The first-order chi connectivity index (χ1) is 9.08. The van der Waals surface area contributed by atoms with E-state index in [9.17, 15) is 4.79 Å². The van der Waals surface area contributed by atoms with E-state index in [1.807, 2.05) is 43.3 Å². The number of nitrogens with zero attached hydrogens (tertiary/aromatic N) is 1. The van der Waals surface area contributed by atoms with Gasteiger partial charge in [0.25, 0.3) is 5.91 Å². The van der Waals surface area contributed by atoms with Gasteiger partial charge in [0.15, 0.2) is 4.67 Å². The van der Waals surface area contributed by atoms with Gasteiger partial charge in [0, 0.05) is 26.3 Å². The number of nitrogens with one attached hydrogen (secondary N) is 1. The Kier molecular flexibility index (Phi) is 4.27. The summed E-state index contributed by atoms with van der Waals surface area (Å²) in [5.41, 5.74) is 2.69. The smallest absolute Gasteiger partial charge is 0.256 e. The molecule has 0 unspecified atom stereocenters. The first kappa shape index (κ1) is 13.7. The molecule has 1 amide bonds. The first-order valence-electron chi connectivity index (χ1n) is 5.85. The van der Waals surface area contributed by atoms with Crippen molar-refractivity contribution >= 4 is 27.5 Å². The molecule has 100 valence electrons. The van der Waals surface area contributed by atoms with E-state index in [4.69, 9.17) is 4.42 Å². The van der Waals surface area contributed by atoms with Gasteiger partial charge in [-0.25, -0.2) is 0 Å². The van der Waals surface area contributed by atoms with E-state index in [-0.39, 0.29) is 5.91 Å². The fourth-order valence-corrected chi connectivity index (χ4v) is 2.07. The highest BCUT2D eigenvalue weighted by atomic mass is 79.9. The molecular formula is C14H15BrN2O2. The van der Waals surface area contributed by atoms with E-state index >= 15 is 0 Å². The summed E-state index contributed by atoms with van der Waals surface area (Å²) >= 11 is 3.19. The lowest BCUT2D eigenvalue weighted by Gasteiger charge is -2.12. The van der Waals surface area contributed by atoms with Crippen LogP contribution in [0.4, 0.5) is 5.69 Å². The van der Waals surface area contributed by atoms with E-state index in [1.165, 1.54) is 6.26 Å². The van der Waals surface area contributed by atoms with Crippen LogP contribution in [-0.2, 0) is 6.54 Å². The molecule has 4 nitrogen and oxygen atoms in total. The lowest BCUT2D eigenvalue weighted by atomic mass is 10.2. The lowest BCUT2D eigenvalue weighted by molar-refractivity contribution is 0.0949. The average molecular weight is 323 g/mol. The standard InChI is InChI=1S/C14H15BrN2O2/c1-17(2)11-5-3-10(4-6-11)9-16-14(18)12-7-8-19-13(12)15/h3-8H,9H2,1-2H3,(H,16,18). The molecule has 0 aliphatic rings. The van der Waals surface area contributed by atoms with Crippen molar-refractivity contribution in [1.82, 2.24) is 5.32 Å². The molecule has 2 aromatic rings. The molecule has 0 fully saturated rings. The van der Waals surface area contributed by atoms with Crippen molar-refractivity contribution in [2.24, 2.45) is 0 Å². The number of benzene rings is 1. The Morgan fingerprint density at radius 3 is 2.47 bits per heavy atom. The fourth-order valence-electron chi connectivity index (χ4n) is 1.65. The Labute approximate surface area is 120 Å². The van der Waals surface area contributed by atoms with Crippen LogP contribution in [0.5, 0.6) is 0 Å². The molecule has 0 aliphatic carbocycles. The van der Waals surface area contributed by atoms with Crippen LogP contribution in [0.3, 0.4) is 0 Å². The molecule has 5 heteroatoms. The zero-order chi connectivity index (χ0) is 13.8. The predicted octanol–water partition coefficient (Wildman–Crippen LogP) is 3.04. The molecular weight excluding hydrogens is 308 g/mol. The summed E-state index contributed by atoms with van der Waals surface area (Å²) in [7, 11) is 3.99. The number of hydrogen-bond donors (Lipinski definition) is 1. The average Bonchev–Trinajstić information content (AvgIpc) is 2.83. The number of rotatable bonds is 4. The Morgan fingerprint density at radius 2 is 1.95 bits per heavy atom. The van der Waals surface area contributed by atoms with Crippen LogP contribution >= 0.6 is 15.9 Å². The molecule has 1 aromatic heterocycles. The summed E-state index contributed by atoms with van der Waals surface area (Å²) < 4.78 is 5.48. The van der Waals surface area contributed by atoms with Gasteiger partial charge in [-0.1, -0.05) is 12.1 Å². The van der Waals surface area contributed by atoms with Crippen LogP contribution in [0, 0.1) is 0 Å². The van der Waals surface area contributed by atoms with Crippen molar-refractivity contribution in [2.75, 3.05) is 19.0 Å². The summed E-state index contributed by atoms with van der Waals surface area (Å²) in [6.45, 7) is 0.490. The summed E-state index contributed by atoms with van der Waals surface area (Å²) in [6, 6.07) is 9.68. The van der Waals surface area contributed by atoms with Crippen molar-refractivity contribution in [3.63, 3.8) is 0 Å². The highest BCUT2D eigenvalue weighted by Crippen LogP contribution is 2.17. The monoisotopic (exact) mass is 322 g/mol. The highest BCUT2D eigenvalue weighted by Gasteiger charge is 2.11. The zero-order valence-corrected chi connectivity index (χ0v) is 12.4. The molecule has 0 spiro atoms. The Hall–Kier alpha value is -1.75. The molecule has 0 bridgehead atoms. The van der Waals surface area contributed by atoms with Crippen LogP contribution in [0.15, 0.2) is 45.7 Å². The first-order valence-corrected chi connectivity index (χ1v) is 6.64. The number of carbonyl (C=O) groups excluding carboxylic acids is 1. The summed E-state index contributed by atoms with van der Waals surface area (Å²) in [5.74, 6) is -0.155. The third kappa shape index (κ3) is 3.38. The number of hydrogen-bond acceptors (Lipinski definition) is 3. The largest absolute Gasteiger partial charge is 0.457 e. The van der Waals surface area contributed by atoms with Crippen LogP contribution < -0.4 is 10.2 Å². The second-order valence-electron chi connectivity index (χ2n) is 4.35. The Morgan fingerprint density at radius 1 is 1.26 bits per heavy atom. The lowest BCUT2D eigenvalue weighted by Crippen LogP contribution is -2.22. The van der Waals surface area contributed by atoms with Crippen LogP contribution in [0.25, 0.3) is 0 Å². The van der Waals surface area contributed by atoms with E-state index in [1.54, 1.807) is 6.07 Å². The van der Waals surface area contributed by atoms with Gasteiger partial charge < -0.3 is 14.6 Å². The SMILES string of the molecule is CN(C)c1ccc(CNC(=O)c2ccoc2Br)cc1. The summed E-state index contributed by atoms with van der Waals surface area (Å²) in [5, 5.41) is 2.85. The van der Waals surface area contributed by atoms with Gasteiger partial charge in [-0.2, -0.15) is 0 Å². The van der Waals surface area contributed by atoms with Gasteiger partial charge >= 0.3 is 0 Å². The molecule has 1 heterocycles. The van der Waals surface area contributed by atoms with Crippen LogP contribution in [-0.4, -0.2) is 20.0 Å².